The lowest BCUT2D eigenvalue weighted by Gasteiger charge is -2.02. The number of nitrogens with zero attached hydrogens (tertiary/aromatic N) is 1. The van der Waals surface area contributed by atoms with E-state index in [2.05, 4.69) is 37.0 Å². The zero-order chi connectivity index (χ0) is 9.14. The van der Waals surface area contributed by atoms with Crippen molar-refractivity contribution in [3.63, 3.8) is 0 Å². The molecule has 12 heavy (non-hydrogen) atoms. The molecule has 0 bridgehead atoms. The molecule has 3 N–H and O–H groups in total. The van der Waals surface area contributed by atoms with Crippen LogP contribution < -0.4 is 5.73 Å². The molecule has 0 amide bonds. The molecule has 3 nitrogen and oxygen atoms in total. The van der Waals surface area contributed by atoms with Crippen LogP contribution in [0.5, 0.6) is 0 Å². The second-order valence-corrected chi connectivity index (χ2v) is 3.85. The van der Waals surface area contributed by atoms with Crippen LogP contribution in [0.1, 0.15) is 5.56 Å². The average Bonchev–Trinajstić information content (AvgIpc) is 2.01. The van der Waals surface area contributed by atoms with Gasteiger partial charge in [0, 0.05) is 8.95 Å². The predicted molar refractivity (Wildman–Crippen MR) is 55.6 cm³/mol. The van der Waals surface area contributed by atoms with Crippen molar-refractivity contribution in [1.29, 1.82) is 0 Å². The van der Waals surface area contributed by atoms with Gasteiger partial charge in [-0.3, -0.25) is 0 Å². The van der Waals surface area contributed by atoms with Crippen LogP contribution >= 0.6 is 31.9 Å². The second kappa shape index (κ2) is 3.91. The summed E-state index contributed by atoms with van der Waals surface area (Å²) in [4.78, 5) is 0. The van der Waals surface area contributed by atoms with Crippen LogP contribution in [0.3, 0.4) is 0 Å². The van der Waals surface area contributed by atoms with Gasteiger partial charge in [-0.25, -0.2) is 0 Å². The van der Waals surface area contributed by atoms with Gasteiger partial charge in [0.1, 0.15) is 0 Å². The van der Waals surface area contributed by atoms with E-state index in [0.717, 1.165) is 14.5 Å². The van der Waals surface area contributed by atoms with E-state index in [0.29, 0.717) is 5.69 Å². The highest BCUT2D eigenvalue weighted by molar-refractivity contribution is 9.11. The average molecular weight is 294 g/mol. The zero-order valence-electron chi connectivity index (χ0n) is 5.96. The molecule has 0 unspecified atom stereocenters. The molecule has 1 rings (SSSR count). The highest BCUT2D eigenvalue weighted by Crippen LogP contribution is 2.28. The molecular formula is C7H6Br2N2O. The van der Waals surface area contributed by atoms with Crippen LogP contribution in [0.25, 0.3) is 0 Å². The van der Waals surface area contributed by atoms with Crippen molar-refractivity contribution in [3.8, 4) is 0 Å². The smallest absolute Gasteiger partial charge is 0.0734 e. The van der Waals surface area contributed by atoms with Gasteiger partial charge >= 0.3 is 0 Å². The maximum absolute atomic E-state index is 8.28. The summed E-state index contributed by atoms with van der Waals surface area (Å²) >= 11 is 6.54. The van der Waals surface area contributed by atoms with E-state index in [1.54, 1.807) is 12.1 Å². The Kier molecular flexibility index (Phi) is 3.11. The number of hydrogen-bond acceptors (Lipinski definition) is 3. The molecule has 0 aromatic heterocycles. The van der Waals surface area contributed by atoms with E-state index >= 15 is 0 Å². The van der Waals surface area contributed by atoms with E-state index < -0.39 is 0 Å². The van der Waals surface area contributed by atoms with Crippen LogP contribution in [0.2, 0.25) is 0 Å². The summed E-state index contributed by atoms with van der Waals surface area (Å²) in [6, 6.07) is 3.53. The largest absolute Gasteiger partial charge is 0.411 e. The van der Waals surface area contributed by atoms with Gasteiger partial charge in [-0.1, -0.05) is 5.16 Å². The first-order valence-electron chi connectivity index (χ1n) is 3.07. The lowest BCUT2D eigenvalue weighted by molar-refractivity contribution is 0.322. The van der Waals surface area contributed by atoms with Crippen molar-refractivity contribution in [3.05, 3.63) is 26.6 Å². The number of rotatable bonds is 1. The van der Waals surface area contributed by atoms with Crippen LogP contribution in [-0.4, -0.2) is 11.4 Å². The minimum absolute atomic E-state index is 0.630. The van der Waals surface area contributed by atoms with Crippen molar-refractivity contribution >= 4 is 43.8 Å². The van der Waals surface area contributed by atoms with E-state index in [1.807, 2.05) is 0 Å². The number of oxime groups is 1. The van der Waals surface area contributed by atoms with Crippen molar-refractivity contribution in [2.45, 2.75) is 0 Å². The fourth-order valence-electron chi connectivity index (χ4n) is 0.745. The molecular weight excluding hydrogens is 288 g/mol. The summed E-state index contributed by atoms with van der Waals surface area (Å²) in [6.07, 6.45) is 1.33. The molecule has 0 aliphatic rings. The van der Waals surface area contributed by atoms with Gasteiger partial charge in [0.2, 0.25) is 0 Å². The molecule has 0 aliphatic heterocycles. The minimum Gasteiger partial charge on any atom is -0.411 e. The Morgan fingerprint density at radius 3 is 2.25 bits per heavy atom. The van der Waals surface area contributed by atoms with Gasteiger partial charge in [-0.15, -0.1) is 0 Å². The number of anilines is 1. The predicted octanol–water partition coefficient (Wildman–Crippen LogP) is 2.60. The molecule has 0 spiro atoms. The van der Waals surface area contributed by atoms with E-state index in [4.69, 9.17) is 10.9 Å². The fraction of sp³-hybridized carbons (Fsp3) is 0. The monoisotopic (exact) mass is 292 g/mol. The number of halogens is 2. The number of hydrogen-bond donors (Lipinski definition) is 2. The number of nitrogen functional groups attached to an aromatic ring is 1. The minimum atomic E-state index is 0.630. The Morgan fingerprint density at radius 2 is 1.83 bits per heavy atom. The van der Waals surface area contributed by atoms with E-state index in [1.165, 1.54) is 6.21 Å². The van der Waals surface area contributed by atoms with Crippen molar-refractivity contribution in [2.75, 3.05) is 5.73 Å². The van der Waals surface area contributed by atoms with Crippen LogP contribution in [0, 0.1) is 0 Å². The Morgan fingerprint density at radius 1 is 1.33 bits per heavy atom. The third-order valence-corrected chi connectivity index (χ3v) is 2.62. The summed E-state index contributed by atoms with van der Waals surface area (Å²) in [5, 5.41) is 11.2. The fourth-order valence-corrected chi connectivity index (χ4v) is 1.97. The molecule has 0 heterocycles. The maximum atomic E-state index is 8.28. The van der Waals surface area contributed by atoms with Gasteiger partial charge < -0.3 is 10.9 Å². The first kappa shape index (κ1) is 9.54. The lowest BCUT2D eigenvalue weighted by Crippen LogP contribution is -1.91. The van der Waals surface area contributed by atoms with Gasteiger partial charge in [-0.2, -0.15) is 0 Å². The van der Waals surface area contributed by atoms with Gasteiger partial charge in [-0.05, 0) is 49.6 Å². The molecule has 1 aromatic rings. The van der Waals surface area contributed by atoms with Crippen LogP contribution in [0.4, 0.5) is 5.69 Å². The molecule has 1 aromatic carbocycles. The molecule has 0 saturated heterocycles. The van der Waals surface area contributed by atoms with Crippen molar-refractivity contribution < 1.29 is 5.21 Å². The molecule has 0 aliphatic carbocycles. The highest BCUT2D eigenvalue weighted by atomic mass is 79.9. The topological polar surface area (TPSA) is 58.6 Å². The first-order valence-corrected chi connectivity index (χ1v) is 4.65. The molecule has 0 atom stereocenters. The Bertz CT molecular complexity index is 302. The van der Waals surface area contributed by atoms with E-state index in [-0.39, 0.29) is 0 Å². The van der Waals surface area contributed by atoms with Gasteiger partial charge in [0.15, 0.2) is 0 Å². The Labute approximate surface area is 86.5 Å². The summed E-state index contributed by atoms with van der Waals surface area (Å²) in [5.74, 6) is 0. The molecule has 0 radical (unpaired) electrons. The molecule has 64 valence electrons. The van der Waals surface area contributed by atoms with Crippen LogP contribution in [-0.2, 0) is 0 Å². The second-order valence-electron chi connectivity index (χ2n) is 2.14. The molecule has 0 saturated carbocycles. The summed E-state index contributed by atoms with van der Waals surface area (Å²) in [7, 11) is 0. The maximum Gasteiger partial charge on any atom is 0.0734 e. The first-order chi connectivity index (χ1) is 5.65. The quantitative estimate of drug-likeness (QED) is 0.362. The van der Waals surface area contributed by atoms with Gasteiger partial charge in [0.05, 0.1) is 11.9 Å². The number of benzene rings is 1. The summed E-state index contributed by atoms with van der Waals surface area (Å²) in [6.45, 7) is 0. The Hall–Kier alpha value is -0.550. The van der Waals surface area contributed by atoms with Crippen molar-refractivity contribution in [1.82, 2.24) is 0 Å². The standard InChI is InChI=1S/C7H6Br2N2O/c8-5-1-4(3-11-12)2-6(9)7(5)10/h1-3,12H,10H2. The Balaban J connectivity index is 3.21. The SMILES string of the molecule is Nc1c(Br)cc(C=NO)cc1Br. The highest BCUT2D eigenvalue weighted by Gasteiger charge is 2.01. The molecule has 0 fully saturated rings. The van der Waals surface area contributed by atoms with Gasteiger partial charge in [0.25, 0.3) is 0 Å². The molecule has 5 heteroatoms. The van der Waals surface area contributed by atoms with E-state index in [9.17, 15) is 0 Å². The van der Waals surface area contributed by atoms with Crippen molar-refractivity contribution in [2.24, 2.45) is 5.16 Å². The third-order valence-electron chi connectivity index (χ3n) is 1.31. The summed E-state index contributed by atoms with van der Waals surface area (Å²) < 4.78 is 1.54. The normalized spacial score (nSPS) is 10.8. The lowest BCUT2D eigenvalue weighted by atomic mass is 10.2. The van der Waals surface area contributed by atoms with Crippen LogP contribution in [0.15, 0.2) is 26.2 Å². The third kappa shape index (κ3) is 1.98. The number of nitrogens with two attached hydrogens (primary N) is 1. The zero-order valence-corrected chi connectivity index (χ0v) is 9.13. The summed E-state index contributed by atoms with van der Waals surface area (Å²) in [5.41, 5.74) is 7.04.